The zero-order chi connectivity index (χ0) is 25.5. The maximum Gasteiger partial charge on any atom is 0.241 e. The highest BCUT2D eigenvalue weighted by atomic mass is 35.5. The van der Waals surface area contributed by atoms with Crippen molar-refractivity contribution in [1.29, 1.82) is 0 Å². The topological polar surface area (TPSA) is 80.8 Å². The molecule has 3 aliphatic rings. The maximum atomic E-state index is 14.2. The van der Waals surface area contributed by atoms with E-state index in [0.717, 1.165) is 15.7 Å². The quantitative estimate of drug-likeness (QED) is 0.275. The molecule has 2 aliphatic heterocycles. The van der Waals surface area contributed by atoms with Crippen molar-refractivity contribution in [3.05, 3.63) is 113 Å². The van der Waals surface area contributed by atoms with Crippen molar-refractivity contribution in [3.8, 4) is 0 Å². The van der Waals surface area contributed by atoms with E-state index < -0.39 is 46.9 Å². The Balaban J connectivity index is 1.44. The lowest BCUT2D eigenvalue weighted by Crippen LogP contribution is -2.51. The average molecular weight is 508 g/mol. The molecule has 7 rings (SSSR count). The highest BCUT2D eigenvalue weighted by Gasteiger charge is 2.74. The Morgan fingerprint density at radius 3 is 2.03 bits per heavy atom. The van der Waals surface area contributed by atoms with Crippen LogP contribution in [0.4, 0.5) is 5.69 Å². The number of benzene rings is 4. The fourth-order valence-corrected chi connectivity index (χ4v) is 6.24. The predicted molar refractivity (Wildman–Crippen MR) is 137 cm³/mol. The minimum atomic E-state index is -2.11. The first-order valence-corrected chi connectivity index (χ1v) is 12.3. The number of imide groups is 1. The van der Waals surface area contributed by atoms with Gasteiger partial charge < -0.3 is 4.74 Å². The fraction of sp³-hybridized carbons (Fsp3) is 0.133. The Hall–Kier alpha value is -4.13. The normalized spacial score (nSPS) is 23.8. The molecule has 0 saturated carbocycles. The molecule has 2 saturated heterocycles. The van der Waals surface area contributed by atoms with Gasteiger partial charge in [0.1, 0.15) is 0 Å². The second-order valence-corrected chi connectivity index (χ2v) is 9.98. The summed E-state index contributed by atoms with van der Waals surface area (Å²) in [4.78, 5) is 57.1. The second-order valence-electron chi connectivity index (χ2n) is 9.54. The van der Waals surface area contributed by atoms with Gasteiger partial charge in [0.25, 0.3) is 0 Å². The van der Waals surface area contributed by atoms with E-state index >= 15 is 0 Å². The first-order valence-electron chi connectivity index (χ1n) is 11.9. The van der Waals surface area contributed by atoms with Crippen LogP contribution in [0.1, 0.15) is 32.4 Å². The number of ether oxygens (including phenoxy) is 1. The molecule has 0 radical (unpaired) electrons. The van der Waals surface area contributed by atoms with Crippen LogP contribution in [-0.2, 0) is 14.3 Å². The Kier molecular flexibility index (Phi) is 4.59. The second kappa shape index (κ2) is 7.68. The van der Waals surface area contributed by atoms with Crippen LogP contribution in [0.15, 0.2) is 91.0 Å². The zero-order valence-corrected chi connectivity index (χ0v) is 20.0. The Bertz CT molecular complexity index is 1640. The van der Waals surface area contributed by atoms with Crippen molar-refractivity contribution >= 4 is 51.4 Å². The molecule has 0 aromatic heterocycles. The van der Waals surface area contributed by atoms with E-state index in [-0.39, 0.29) is 11.1 Å². The molecule has 1 spiro atoms. The summed E-state index contributed by atoms with van der Waals surface area (Å²) >= 11 is 6.09. The molecule has 4 aromatic rings. The number of hydrogen-bond donors (Lipinski definition) is 0. The largest absolute Gasteiger partial charge is 0.349 e. The minimum absolute atomic E-state index is 0.201. The van der Waals surface area contributed by atoms with Crippen LogP contribution in [0, 0.1) is 11.8 Å². The lowest BCUT2D eigenvalue weighted by Gasteiger charge is -2.27. The summed E-state index contributed by atoms with van der Waals surface area (Å²) in [5.74, 6) is -4.64. The number of amides is 2. The van der Waals surface area contributed by atoms with E-state index in [0.29, 0.717) is 16.3 Å². The van der Waals surface area contributed by atoms with Gasteiger partial charge in [0, 0.05) is 21.5 Å². The summed E-state index contributed by atoms with van der Waals surface area (Å²) in [6, 6.07) is 25.9. The highest BCUT2D eigenvalue weighted by molar-refractivity contribution is 6.37. The monoisotopic (exact) mass is 507 g/mol. The van der Waals surface area contributed by atoms with Crippen LogP contribution in [0.25, 0.3) is 10.8 Å². The van der Waals surface area contributed by atoms with Gasteiger partial charge in [-0.15, -0.1) is 0 Å². The number of rotatable bonds is 2. The number of carbonyl (C=O) groups is 4. The van der Waals surface area contributed by atoms with Crippen LogP contribution in [0.3, 0.4) is 0 Å². The van der Waals surface area contributed by atoms with Crippen LogP contribution in [0.5, 0.6) is 0 Å². The van der Waals surface area contributed by atoms with Gasteiger partial charge in [-0.3, -0.25) is 19.2 Å². The summed E-state index contributed by atoms with van der Waals surface area (Å²) in [6.07, 6.45) is -0.985. The third-order valence-electron chi connectivity index (χ3n) is 7.73. The van der Waals surface area contributed by atoms with Gasteiger partial charge in [-0.2, -0.15) is 0 Å². The summed E-state index contributed by atoms with van der Waals surface area (Å²) in [7, 11) is 0. The van der Waals surface area contributed by atoms with Gasteiger partial charge in [-0.05, 0) is 29.1 Å². The van der Waals surface area contributed by atoms with Gasteiger partial charge in [-0.25, -0.2) is 4.90 Å². The van der Waals surface area contributed by atoms with Crippen molar-refractivity contribution in [2.24, 2.45) is 11.8 Å². The SMILES string of the molecule is O=C1[C@@H]2[C@H](c3ccc(Cl)cc3)OC3(C(=O)c4ccccc4C3=O)[C@H]2C(=O)N1c1cccc2ccccc12. The average Bonchev–Trinajstić information content (AvgIpc) is 3.49. The molecular formula is C30H18ClNO5. The molecule has 1 aliphatic carbocycles. The number of hydrogen-bond acceptors (Lipinski definition) is 5. The van der Waals surface area contributed by atoms with Crippen molar-refractivity contribution in [2.75, 3.05) is 4.90 Å². The summed E-state index contributed by atoms with van der Waals surface area (Å²) < 4.78 is 6.31. The molecule has 2 heterocycles. The number of carbonyl (C=O) groups excluding carboxylic acids is 4. The lowest BCUT2D eigenvalue weighted by atomic mass is 9.77. The van der Waals surface area contributed by atoms with Gasteiger partial charge in [0.2, 0.25) is 29.0 Å². The summed E-state index contributed by atoms with van der Waals surface area (Å²) in [5, 5.41) is 2.06. The Morgan fingerprint density at radius 2 is 1.32 bits per heavy atom. The Morgan fingerprint density at radius 1 is 0.703 bits per heavy atom. The molecular weight excluding hydrogens is 490 g/mol. The van der Waals surface area contributed by atoms with E-state index in [1.165, 1.54) is 0 Å². The number of halogens is 1. The van der Waals surface area contributed by atoms with Crippen molar-refractivity contribution in [2.45, 2.75) is 11.7 Å². The number of Topliss-reactive ketones (excluding diaryl/α,β-unsaturated/α-hetero) is 2. The molecule has 6 nitrogen and oxygen atoms in total. The molecule has 4 aromatic carbocycles. The molecule has 0 N–H and O–H groups in total. The van der Waals surface area contributed by atoms with Gasteiger partial charge in [-0.1, -0.05) is 84.4 Å². The molecule has 180 valence electrons. The zero-order valence-electron chi connectivity index (χ0n) is 19.3. The molecule has 2 fully saturated rings. The van der Waals surface area contributed by atoms with Crippen molar-refractivity contribution in [1.82, 2.24) is 0 Å². The van der Waals surface area contributed by atoms with Gasteiger partial charge in [0.15, 0.2) is 0 Å². The first-order chi connectivity index (χ1) is 17.9. The summed E-state index contributed by atoms with van der Waals surface area (Å²) in [6.45, 7) is 0. The third-order valence-corrected chi connectivity index (χ3v) is 7.98. The molecule has 2 amide bonds. The van der Waals surface area contributed by atoms with Crippen LogP contribution in [-0.4, -0.2) is 29.0 Å². The van der Waals surface area contributed by atoms with E-state index in [1.54, 1.807) is 60.7 Å². The van der Waals surface area contributed by atoms with Crippen molar-refractivity contribution in [3.63, 3.8) is 0 Å². The van der Waals surface area contributed by atoms with Crippen LogP contribution in [0.2, 0.25) is 5.02 Å². The van der Waals surface area contributed by atoms with E-state index in [1.807, 2.05) is 30.3 Å². The third kappa shape index (κ3) is 2.79. The maximum absolute atomic E-state index is 14.2. The first kappa shape index (κ1) is 22.1. The number of nitrogens with zero attached hydrogens (tertiary/aromatic N) is 1. The van der Waals surface area contributed by atoms with Gasteiger partial charge >= 0.3 is 0 Å². The number of ketones is 2. The van der Waals surface area contributed by atoms with E-state index in [2.05, 4.69) is 0 Å². The predicted octanol–water partition coefficient (Wildman–Crippen LogP) is 5.19. The van der Waals surface area contributed by atoms with Crippen LogP contribution < -0.4 is 4.90 Å². The Labute approximate surface area is 216 Å². The standard InChI is InChI=1S/C30H18ClNO5/c31-18-14-12-17(13-15-18)25-23-24(30(37-25)26(33)20-9-3-4-10-21(20)27(30)34)29(36)32(28(23)35)22-11-5-7-16-6-1-2-8-19(16)22/h1-15,23-25H/t23-,24+,25-/m0/s1. The molecule has 7 heteroatoms. The smallest absolute Gasteiger partial charge is 0.241 e. The number of fused-ring (bicyclic) bond motifs is 4. The van der Waals surface area contributed by atoms with Crippen molar-refractivity contribution < 1.29 is 23.9 Å². The molecule has 3 atom stereocenters. The lowest BCUT2D eigenvalue weighted by molar-refractivity contribution is -0.127. The van der Waals surface area contributed by atoms with E-state index in [9.17, 15) is 19.2 Å². The minimum Gasteiger partial charge on any atom is -0.349 e. The molecule has 37 heavy (non-hydrogen) atoms. The fourth-order valence-electron chi connectivity index (χ4n) is 6.11. The summed E-state index contributed by atoms with van der Waals surface area (Å²) in [5.41, 5.74) is -0.722. The molecule has 0 bridgehead atoms. The van der Waals surface area contributed by atoms with Crippen LogP contribution >= 0.6 is 11.6 Å². The van der Waals surface area contributed by atoms with Gasteiger partial charge in [0.05, 0.1) is 23.6 Å². The highest BCUT2D eigenvalue weighted by Crippen LogP contribution is 2.58. The van der Waals surface area contributed by atoms with E-state index in [4.69, 9.17) is 16.3 Å². The number of anilines is 1. The molecule has 0 unspecified atom stereocenters.